The first-order valence-corrected chi connectivity index (χ1v) is 6.98. The van der Waals surface area contributed by atoms with Crippen molar-refractivity contribution in [3.63, 3.8) is 0 Å². The number of nitrogens with one attached hydrogen (secondary N) is 1. The zero-order valence-corrected chi connectivity index (χ0v) is 11.5. The van der Waals surface area contributed by atoms with Crippen molar-refractivity contribution in [3.8, 4) is 5.75 Å². The molecule has 0 aromatic carbocycles. The molecule has 1 saturated heterocycles. The van der Waals surface area contributed by atoms with Crippen molar-refractivity contribution in [1.82, 2.24) is 10.3 Å². The molecule has 1 aromatic rings. The summed E-state index contributed by atoms with van der Waals surface area (Å²) in [7, 11) is 3.70. The van der Waals surface area contributed by atoms with Crippen molar-refractivity contribution < 1.29 is 4.74 Å². The van der Waals surface area contributed by atoms with Gasteiger partial charge in [0, 0.05) is 17.0 Å². The summed E-state index contributed by atoms with van der Waals surface area (Å²) < 4.78 is 5.51. The number of aromatic nitrogens is 1. The fourth-order valence-electron chi connectivity index (χ4n) is 2.56. The first-order valence-electron chi connectivity index (χ1n) is 6.00. The van der Waals surface area contributed by atoms with Crippen LogP contribution in [0.1, 0.15) is 31.4 Å². The molecule has 0 amide bonds. The Labute approximate surface area is 107 Å². The van der Waals surface area contributed by atoms with Gasteiger partial charge in [-0.25, -0.2) is 0 Å². The number of pyridine rings is 1. The van der Waals surface area contributed by atoms with Crippen molar-refractivity contribution in [2.45, 2.75) is 30.6 Å². The van der Waals surface area contributed by atoms with Crippen LogP contribution >= 0.6 is 11.8 Å². The first kappa shape index (κ1) is 12.7. The van der Waals surface area contributed by atoms with Crippen molar-refractivity contribution >= 4 is 11.8 Å². The predicted octanol–water partition coefficient (Wildman–Crippen LogP) is 2.64. The normalized spacial score (nSPS) is 25.8. The zero-order valence-electron chi connectivity index (χ0n) is 10.7. The number of hydrogen-bond acceptors (Lipinski definition) is 4. The van der Waals surface area contributed by atoms with Crippen molar-refractivity contribution in [1.29, 1.82) is 0 Å². The van der Waals surface area contributed by atoms with Gasteiger partial charge in [0.25, 0.3) is 0 Å². The lowest BCUT2D eigenvalue weighted by Gasteiger charge is -2.33. The van der Waals surface area contributed by atoms with E-state index in [1.807, 2.05) is 13.2 Å². The summed E-state index contributed by atoms with van der Waals surface area (Å²) in [4.78, 5) is 4.25. The minimum absolute atomic E-state index is 0.267. The lowest BCUT2D eigenvalue weighted by atomic mass is 9.91. The van der Waals surface area contributed by atoms with E-state index < -0.39 is 0 Å². The molecule has 1 aromatic heterocycles. The largest absolute Gasteiger partial charge is 0.495 e. The van der Waals surface area contributed by atoms with Gasteiger partial charge in [0.2, 0.25) is 0 Å². The zero-order chi connectivity index (χ0) is 12.3. The number of ether oxygens (including phenoxy) is 1. The molecular weight excluding hydrogens is 232 g/mol. The molecule has 0 spiro atoms. The molecule has 2 heterocycles. The fourth-order valence-corrected chi connectivity index (χ4v) is 4.02. The molecule has 2 unspecified atom stereocenters. The SMILES string of the molecule is CNC(c1cncc(OC)c1)C1(C)CCCS1. The van der Waals surface area contributed by atoms with Crippen LogP contribution in [0.15, 0.2) is 18.5 Å². The van der Waals surface area contributed by atoms with E-state index >= 15 is 0 Å². The van der Waals surface area contributed by atoms with E-state index in [1.165, 1.54) is 24.2 Å². The van der Waals surface area contributed by atoms with E-state index in [4.69, 9.17) is 4.74 Å². The van der Waals surface area contributed by atoms with Gasteiger partial charge in [0.05, 0.1) is 13.3 Å². The van der Waals surface area contributed by atoms with Crippen LogP contribution in [0.25, 0.3) is 0 Å². The summed E-state index contributed by atoms with van der Waals surface area (Å²) in [5, 5.41) is 3.44. The van der Waals surface area contributed by atoms with Gasteiger partial charge in [-0.1, -0.05) is 0 Å². The maximum Gasteiger partial charge on any atom is 0.137 e. The number of rotatable bonds is 4. The van der Waals surface area contributed by atoms with Crippen LogP contribution in [0.5, 0.6) is 5.75 Å². The third-order valence-electron chi connectivity index (χ3n) is 3.45. The number of methoxy groups -OCH3 is 1. The lowest BCUT2D eigenvalue weighted by Crippen LogP contribution is -2.35. The second-order valence-corrected chi connectivity index (χ2v) is 6.27. The smallest absolute Gasteiger partial charge is 0.137 e. The van der Waals surface area contributed by atoms with Crippen molar-refractivity contribution in [2.75, 3.05) is 19.9 Å². The van der Waals surface area contributed by atoms with Gasteiger partial charge in [-0.15, -0.1) is 0 Å². The third-order valence-corrected chi connectivity index (χ3v) is 5.04. The van der Waals surface area contributed by atoms with Gasteiger partial charge in [0.1, 0.15) is 5.75 Å². The standard InChI is InChI=1S/C13H20N2OS/c1-13(5-4-6-17-13)12(14-2)10-7-11(16-3)9-15-8-10/h7-9,12,14H,4-6H2,1-3H3. The molecule has 2 rings (SSSR count). The van der Waals surface area contributed by atoms with Crippen LogP contribution < -0.4 is 10.1 Å². The minimum atomic E-state index is 0.267. The van der Waals surface area contributed by atoms with Gasteiger partial charge in [-0.3, -0.25) is 4.98 Å². The molecule has 0 saturated carbocycles. The fraction of sp³-hybridized carbons (Fsp3) is 0.615. The van der Waals surface area contributed by atoms with Crippen molar-refractivity contribution in [2.24, 2.45) is 0 Å². The van der Waals surface area contributed by atoms with E-state index in [0.717, 1.165) is 5.75 Å². The maximum atomic E-state index is 5.25. The molecule has 3 nitrogen and oxygen atoms in total. The number of hydrogen-bond donors (Lipinski definition) is 1. The predicted molar refractivity (Wildman–Crippen MR) is 72.7 cm³/mol. The number of thioether (sulfide) groups is 1. The Hall–Kier alpha value is -0.740. The highest BCUT2D eigenvalue weighted by Crippen LogP contribution is 2.46. The minimum Gasteiger partial charge on any atom is -0.495 e. The summed E-state index contributed by atoms with van der Waals surface area (Å²) in [6.45, 7) is 2.34. The lowest BCUT2D eigenvalue weighted by molar-refractivity contribution is 0.405. The summed E-state index contributed by atoms with van der Waals surface area (Å²) in [6, 6.07) is 2.41. The van der Waals surface area contributed by atoms with Gasteiger partial charge in [-0.2, -0.15) is 11.8 Å². The topological polar surface area (TPSA) is 34.2 Å². The monoisotopic (exact) mass is 252 g/mol. The molecule has 1 aliphatic heterocycles. The Morgan fingerprint density at radius 2 is 2.35 bits per heavy atom. The molecule has 0 bridgehead atoms. The van der Waals surface area contributed by atoms with Crippen molar-refractivity contribution in [3.05, 3.63) is 24.0 Å². The average Bonchev–Trinajstić information content (AvgIpc) is 2.78. The van der Waals surface area contributed by atoms with Gasteiger partial charge >= 0.3 is 0 Å². The molecule has 4 heteroatoms. The van der Waals surface area contributed by atoms with Crippen LogP contribution in [0.3, 0.4) is 0 Å². The third kappa shape index (κ3) is 2.58. The molecule has 94 valence electrons. The van der Waals surface area contributed by atoms with E-state index in [-0.39, 0.29) is 4.75 Å². The van der Waals surface area contributed by atoms with Crippen LogP contribution in [0.2, 0.25) is 0 Å². The maximum absolute atomic E-state index is 5.25. The van der Waals surface area contributed by atoms with E-state index in [1.54, 1.807) is 13.3 Å². The van der Waals surface area contributed by atoms with Gasteiger partial charge in [-0.05, 0) is 44.2 Å². The average molecular weight is 252 g/mol. The molecule has 2 atom stereocenters. The Bertz CT molecular complexity index is 377. The van der Waals surface area contributed by atoms with Crippen LogP contribution in [0.4, 0.5) is 0 Å². The molecule has 17 heavy (non-hydrogen) atoms. The molecule has 1 N–H and O–H groups in total. The quantitative estimate of drug-likeness (QED) is 0.893. The summed E-state index contributed by atoms with van der Waals surface area (Å²) in [5.74, 6) is 2.08. The van der Waals surface area contributed by atoms with E-state index in [0.29, 0.717) is 6.04 Å². The van der Waals surface area contributed by atoms with Crippen LogP contribution in [0, 0.1) is 0 Å². The van der Waals surface area contributed by atoms with Crippen LogP contribution in [-0.2, 0) is 0 Å². The van der Waals surface area contributed by atoms with E-state index in [2.05, 4.69) is 35.1 Å². The first-order chi connectivity index (χ1) is 8.19. The summed E-state index contributed by atoms with van der Waals surface area (Å²) in [6.07, 6.45) is 6.24. The molecule has 0 aliphatic carbocycles. The highest BCUT2D eigenvalue weighted by Gasteiger charge is 2.38. The Morgan fingerprint density at radius 1 is 1.53 bits per heavy atom. The second kappa shape index (κ2) is 5.27. The molecular formula is C13H20N2OS. The summed E-state index contributed by atoms with van der Waals surface area (Å²) >= 11 is 2.05. The van der Waals surface area contributed by atoms with E-state index in [9.17, 15) is 0 Å². The molecule has 0 radical (unpaired) electrons. The highest BCUT2D eigenvalue weighted by atomic mass is 32.2. The molecule has 1 fully saturated rings. The Morgan fingerprint density at radius 3 is 2.94 bits per heavy atom. The summed E-state index contributed by atoms with van der Waals surface area (Å²) in [5.41, 5.74) is 1.21. The Kier molecular flexibility index (Phi) is 3.94. The Balaban J connectivity index is 2.27. The van der Waals surface area contributed by atoms with Gasteiger partial charge < -0.3 is 10.1 Å². The second-order valence-electron chi connectivity index (χ2n) is 4.64. The van der Waals surface area contributed by atoms with Gasteiger partial charge in [0.15, 0.2) is 0 Å². The highest BCUT2D eigenvalue weighted by molar-refractivity contribution is 8.00. The van der Waals surface area contributed by atoms with Crippen LogP contribution in [-0.4, -0.2) is 29.6 Å². The number of nitrogens with zero attached hydrogens (tertiary/aromatic N) is 1. The molecule has 1 aliphatic rings.